The van der Waals surface area contributed by atoms with E-state index in [1.165, 1.54) is 5.56 Å². The average molecular weight is 369 g/mol. The highest BCUT2D eigenvalue weighted by atomic mass is 79.9. The van der Waals surface area contributed by atoms with Gasteiger partial charge in [-0.2, -0.15) is 0 Å². The van der Waals surface area contributed by atoms with Gasteiger partial charge in [0.25, 0.3) is 0 Å². The third kappa shape index (κ3) is 4.47. The lowest BCUT2D eigenvalue weighted by atomic mass is 10.0. The van der Waals surface area contributed by atoms with Crippen molar-refractivity contribution in [3.05, 3.63) is 63.1 Å². The standard InChI is InChI=1S/C17H19BrClNO/c1-3-16(12-4-6-14(18)7-5-12)20-11-13-10-15(19)8-9-17(13)21-2/h4-10,16,20H,3,11H2,1-2H3. The lowest BCUT2D eigenvalue weighted by Gasteiger charge is -2.19. The predicted molar refractivity (Wildman–Crippen MR) is 92.0 cm³/mol. The molecule has 21 heavy (non-hydrogen) atoms. The van der Waals surface area contributed by atoms with Crippen LogP contribution in [0, 0.1) is 0 Å². The predicted octanol–water partition coefficient (Wildman–Crippen LogP) is 5.35. The van der Waals surface area contributed by atoms with Crippen LogP contribution < -0.4 is 10.1 Å². The van der Waals surface area contributed by atoms with Crippen LogP contribution in [0.4, 0.5) is 0 Å². The normalized spacial score (nSPS) is 12.2. The Balaban J connectivity index is 2.10. The van der Waals surface area contributed by atoms with Crippen molar-refractivity contribution in [3.63, 3.8) is 0 Å². The number of methoxy groups -OCH3 is 1. The molecule has 0 aliphatic rings. The van der Waals surface area contributed by atoms with Gasteiger partial charge in [-0.15, -0.1) is 0 Å². The lowest BCUT2D eigenvalue weighted by Crippen LogP contribution is -2.20. The molecule has 0 saturated heterocycles. The Bertz CT molecular complexity index is 586. The maximum absolute atomic E-state index is 6.07. The van der Waals surface area contributed by atoms with Crippen LogP contribution in [0.1, 0.15) is 30.5 Å². The van der Waals surface area contributed by atoms with Crippen molar-refractivity contribution in [2.45, 2.75) is 25.9 Å². The Morgan fingerprint density at radius 3 is 2.52 bits per heavy atom. The molecule has 0 saturated carbocycles. The van der Waals surface area contributed by atoms with Crippen molar-refractivity contribution >= 4 is 27.5 Å². The first-order valence-electron chi connectivity index (χ1n) is 6.95. The van der Waals surface area contributed by atoms with E-state index >= 15 is 0 Å². The van der Waals surface area contributed by atoms with Crippen LogP contribution in [0.3, 0.4) is 0 Å². The molecule has 0 aliphatic carbocycles. The monoisotopic (exact) mass is 367 g/mol. The molecule has 0 fully saturated rings. The van der Waals surface area contributed by atoms with Crippen LogP contribution >= 0.6 is 27.5 Å². The van der Waals surface area contributed by atoms with Gasteiger partial charge >= 0.3 is 0 Å². The zero-order valence-electron chi connectivity index (χ0n) is 12.2. The minimum Gasteiger partial charge on any atom is -0.496 e. The number of benzene rings is 2. The zero-order chi connectivity index (χ0) is 15.2. The van der Waals surface area contributed by atoms with Crippen LogP contribution in [0.15, 0.2) is 46.9 Å². The molecule has 0 spiro atoms. The van der Waals surface area contributed by atoms with Gasteiger partial charge in [0, 0.05) is 27.6 Å². The number of halogens is 2. The average Bonchev–Trinajstić information content (AvgIpc) is 2.50. The topological polar surface area (TPSA) is 21.3 Å². The van der Waals surface area contributed by atoms with Crippen molar-refractivity contribution < 1.29 is 4.74 Å². The van der Waals surface area contributed by atoms with E-state index in [1.807, 2.05) is 18.2 Å². The number of rotatable bonds is 6. The second-order valence-electron chi connectivity index (χ2n) is 4.85. The molecular weight excluding hydrogens is 350 g/mol. The van der Waals surface area contributed by atoms with E-state index in [-0.39, 0.29) is 0 Å². The van der Waals surface area contributed by atoms with Crippen molar-refractivity contribution in [2.24, 2.45) is 0 Å². The summed E-state index contributed by atoms with van der Waals surface area (Å²) in [5.41, 5.74) is 2.35. The van der Waals surface area contributed by atoms with Crippen molar-refractivity contribution in [2.75, 3.05) is 7.11 Å². The minimum atomic E-state index is 0.307. The van der Waals surface area contributed by atoms with Crippen molar-refractivity contribution in [1.82, 2.24) is 5.32 Å². The molecular formula is C17H19BrClNO. The van der Waals surface area contributed by atoms with Gasteiger partial charge in [0.15, 0.2) is 0 Å². The number of hydrogen-bond acceptors (Lipinski definition) is 2. The summed E-state index contributed by atoms with van der Waals surface area (Å²) in [7, 11) is 1.68. The van der Waals surface area contributed by atoms with Crippen molar-refractivity contribution in [1.29, 1.82) is 0 Å². The van der Waals surface area contributed by atoms with Gasteiger partial charge in [-0.25, -0.2) is 0 Å². The van der Waals surface area contributed by atoms with Crippen LogP contribution in [0.25, 0.3) is 0 Å². The highest BCUT2D eigenvalue weighted by Crippen LogP contribution is 2.25. The molecule has 0 aromatic heterocycles. The maximum atomic E-state index is 6.07. The summed E-state index contributed by atoms with van der Waals surface area (Å²) in [6.07, 6.45) is 1.02. The van der Waals surface area contributed by atoms with E-state index in [9.17, 15) is 0 Å². The fourth-order valence-electron chi connectivity index (χ4n) is 2.31. The van der Waals surface area contributed by atoms with Crippen LogP contribution in [-0.4, -0.2) is 7.11 Å². The summed E-state index contributed by atoms with van der Waals surface area (Å²) in [5, 5.41) is 4.30. The molecule has 2 rings (SSSR count). The number of nitrogens with one attached hydrogen (secondary N) is 1. The second kappa shape index (κ2) is 7.83. The van der Waals surface area contributed by atoms with E-state index in [2.05, 4.69) is 52.4 Å². The third-order valence-electron chi connectivity index (χ3n) is 3.46. The lowest BCUT2D eigenvalue weighted by molar-refractivity contribution is 0.404. The largest absolute Gasteiger partial charge is 0.496 e. The SMILES string of the molecule is CCC(NCc1cc(Cl)ccc1OC)c1ccc(Br)cc1. The van der Waals surface area contributed by atoms with Gasteiger partial charge in [-0.3, -0.25) is 0 Å². The molecule has 2 aromatic carbocycles. The Hall–Kier alpha value is -1.03. The first-order chi connectivity index (χ1) is 10.1. The fraction of sp³-hybridized carbons (Fsp3) is 0.294. The molecule has 2 aromatic rings. The van der Waals surface area contributed by atoms with E-state index in [1.54, 1.807) is 7.11 Å². The second-order valence-corrected chi connectivity index (χ2v) is 6.20. The Kier molecular flexibility index (Phi) is 6.09. The van der Waals surface area contributed by atoms with E-state index in [4.69, 9.17) is 16.3 Å². The van der Waals surface area contributed by atoms with E-state index in [0.717, 1.165) is 33.8 Å². The van der Waals surface area contributed by atoms with Gasteiger partial charge in [-0.05, 0) is 42.3 Å². The molecule has 1 N–H and O–H groups in total. The van der Waals surface area contributed by atoms with Gasteiger partial charge in [0.1, 0.15) is 5.75 Å². The fourth-order valence-corrected chi connectivity index (χ4v) is 2.77. The van der Waals surface area contributed by atoms with Gasteiger partial charge < -0.3 is 10.1 Å². The zero-order valence-corrected chi connectivity index (χ0v) is 14.5. The summed E-state index contributed by atoms with van der Waals surface area (Å²) in [5.74, 6) is 0.859. The third-order valence-corrected chi connectivity index (χ3v) is 4.23. The van der Waals surface area contributed by atoms with E-state index < -0.39 is 0 Å². The Morgan fingerprint density at radius 2 is 1.90 bits per heavy atom. The number of ether oxygens (including phenoxy) is 1. The van der Waals surface area contributed by atoms with E-state index in [0.29, 0.717) is 6.04 Å². The highest BCUT2D eigenvalue weighted by molar-refractivity contribution is 9.10. The number of hydrogen-bond donors (Lipinski definition) is 1. The maximum Gasteiger partial charge on any atom is 0.123 e. The summed E-state index contributed by atoms with van der Waals surface area (Å²) in [4.78, 5) is 0. The summed E-state index contributed by atoms with van der Waals surface area (Å²) < 4.78 is 6.48. The molecule has 0 radical (unpaired) electrons. The van der Waals surface area contributed by atoms with Crippen LogP contribution in [0.2, 0.25) is 5.02 Å². The molecule has 4 heteroatoms. The molecule has 0 bridgehead atoms. The summed E-state index contributed by atoms with van der Waals surface area (Å²) in [6.45, 7) is 2.90. The molecule has 0 amide bonds. The molecule has 0 aliphatic heterocycles. The quantitative estimate of drug-likeness (QED) is 0.742. The summed E-state index contributed by atoms with van der Waals surface area (Å²) in [6, 6.07) is 14.4. The highest BCUT2D eigenvalue weighted by Gasteiger charge is 2.10. The Labute approximate surface area is 139 Å². The molecule has 2 nitrogen and oxygen atoms in total. The van der Waals surface area contributed by atoms with Crippen molar-refractivity contribution in [3.8, 4) is 5.75 Å². The molecule has 112 valence electrons. The van der Waals surface area contributed by atoms with Crippen LogP contribution in [0.5, 0.6) is 5.75 Å². The Morgan fingerprint density at radius 1 is 1.19 bits per heavy atom. The minimum absolute atomic E-state index is 0.307. The smallest absolute Gasteiger partial charge is 0.123 e. The van der Waals surface area contributed by atoms with Gasteiger partial charge in [-0.1, -0.05) is 46.6 Å². The first kappa shape index (κ1) is 16.3. The van der Waals surface area contributed by atoms with Gasteiger partial charge in [0.2, 0.25) is 0 Å². The molecule has 1 atom stereocenters. The molecule has 1 unspecified atom stereocenters. The van der Waals surface area contributed by atoms with Crippen LogP contribution in [-0.2, 0) is 6.54 Å². The summed E-state index contributed by atoms with van der Waals surface area (Å²) >= 11 is 9.54. The molecule has 0 heterocycles. The van der Waals surface area contributed by atoms with Gasteiger partial charge in [0.05, 0.1) is 7.11 Å². The first-order valence-corrected chi connectivity index (χ1v) is 8.12.